The minimum Gasteiger partial charge on any atom is -0.354 e. The molecule has 4 aliphatic rings. The van der Waals surface area contributed by atoms with E-state index in [0.29, 0.717) is 25.5 Å². The molecule has 1 unspecified atom stereocenters. The summed E-state index contributed by atoms with van der Waals surface area (Å²) in [4.78, 5) is 26.0. The first-order valence-electron chi connectivity index (χ1n) is 8.21. The first kappa shape index (κ1) is 16.6. The molecule has 0 bridgehead atoms. The molecular formula is C16H25FN2O4. The number of hydrogen-bond donors (Lipinski definition) is 0. The number of fused-ring (bicyclic) bond motifs is 2. The van der Waals surface area contributed by atoms with E-state index in [9.17, 15) is 14.0 Å². The fraction of sp³-hybridized carbons (Fsp3) is 0.875. The molecular weight excluding hydrogens is 303 g/mol. The van der Waals surface area contributed by atoms with Crippen molar-refractivity contribution in [2.75, 3.05) is 13.2 Å². The third-order valence-corrected chi connectivity index (χ3v) is 5.09. The van der Waals surface area contributed by atoms with Crippen molar-refractivity contribution < 1.29 is 23.5 Å². The number of carbonyl (C=O) groups is 2. The van der Waals surface area contributed by atoms with Crippen LogP contribution in [-0.2, 0) is 19.1 Å². The van der Waals surface area contributed by atoms with Crippen LogP contribution in [0.5, 0.6) is 0 Å². The molecule has 0 radical (unpaired) electrons. The average molecular weight is 328 g/mol. The minimum absolute atomic E-state index is 0.0394. The lowest BCUT2D eigenvalue weighted by Crippen LogP contribution is -2.44. The van der Waals surface area contributed by atoms with Crippen LogP contribution in [-0.4, -0.2) is 64.5 Å². The second-order valence-electron chi connectivity index (χ2n) is 7.54. The van der Waals surface area contributed by atoms with Crippen molar-refractivity contribution in [3.63, 3.8) is 0 Å². The Morgan fingerprint density at radius 2 is 1.57 bits per heavy atom. The van der Waals surface area contributed by atoms with Crippen molar-refractivity contribution in [1.82, 2.24) is 9.80 Å². The maximum absolute atomic E-state index is 12.9. The highest BCUT2D eigenvalue weighted by atomic mass is 19.1. The number of halogens is 1. The number of alkyl halides is 1. The zero-order valence-electron chi connectivity index (χ0n) is 14.2. The molecule has 2 amide bonds. The monoisotopic (exact) mass is 328 g/mol. The van der Waals surface area contributed by atoms with Gasteiger partial charge in [0.1, 0.15) is 11.4 Å². The molecule has 0 aromatic carbocycles. The van der Waals surface area contributed by atoms with Crippen LogP contribution in [0.15, 0.2) is 0 Å². The van der Waals surface area contributed by atoms with Gasteiger partial charge >= 0.3 is 0 Å². The van der Waals surface area contributed by atoms with Gasteiger partial charge in [-0.05, 0) is 34.1 Å². The molecule has 0 saturated carbocycles. The summed E-state index contributed by atoms with van der Waals surface area (Å²) in [6.07, 6.45) is 0.667. The number of ether oxygens (including phenoxy) is 2. The topological polar surface area (TPSA) is 59.1 Å². The second kappa shape index (κ2) is 5.41. The molecule has 3 atom stereocenters. The van der Waals surface area contributed by atoms with Crippen LogP contribution < -0.4 is 0 Å². The normalized spacial score (nSPS) is 36.8. The maximum Gasteiger partial charge on any atom is 0.259 e. The lowest BCUT2D eigenvalue weighted by atomic mass is 10.2. The largest absolute Gasteiger partial charge is 0.354 e. The highest BCUT2D eigenvalue weighted by Gasteiger charge is 2.52. The van der Waals surface area contributed by atoms with Crippen LogP contribution in [0.4, 0.5) is 4.39 Å². The molecule has 0 N–H and O–H groups in total. The molecule has 0 aromatic rings. The fourth-order valence-electron chi connectivity index (χ4n) is 4.00. The third-order valence-electron chi connectivity index (χ3n) is 5.09. The third kappa shape index (κ3) is 2.74. The summed E-state index contributed by atoms with van der Waals surface area (Å²) in [6.45, 7) is 8.69. The van der Waals surface area contributed by atoms with Gasteiger partial charge in [-0.25, -0.2) is 4.39 Å². The smallest absolute Gasteiger partial charge is 0.259 e. The quantitative estimate of drug-likeness (QED) is 0.675. The number of nitrogens with zero attached hydrogens (tertiary/aromatic N) is 2. The van der Waals surface area contributed by atoms with E-state index < -0.39 is 17.8 Å². The number of hydrogen-bond acceptors (Lipinski definition) is 4. The van der Waals surface area contributed by atoms with Crippen molar-refractivity contribution >= 4 is 11.8 Å². The van der Waals surface area contributed by atoms with Crippen LogP contribution >= 0.6 is 0 Å². The molecule has 4 saturated heterocycles. The van der Waals surface area contributed by atoms with Crippen LogP contribution in [0.2, 0.25) is 0 Å². The van der Waals surface area contributed by atoms with Gasteiger partial charge < -0.3 is 19.3 Å². The molecule has 4 aliphatic heterocycles. The van der Waals surface area contributed by atoms with Gasteiger partial charge in [0.05, 0.1) is 25.3 Å². The summed E-state index contributed by atoms with van der Waals surface area (Å²) in [7, 11) is 0. The zero-order chi connectivity index (χ0) is 17.0. The molecule has 0 aromatic heterocycles. The van der Waals surface area contributed by atoms with Gasteiger partial charge in [0.25, 0.3) is 5.91 Å². The lowest BCUT2D eigenvalue weighted by Gasteiger charge is -2.28. The van der Waals surface area contributed by atoms with Crippen molar-refractivity contribution in [2.45, 2.75) is 76.7 Å². The number of rotatable bonds is 0. The number of amides is 2. The van der Waals surface area contributed by atoms with E-state index >= 15 is 0 Å². The molecule has 4 fully saturated rings. The van der Waals surface area contributed by atoms with Gasteiger partial charge in [-0.3, -0.25) is 9.59 Å². The highest BCUT2D eigenvalue weighted by molar-refractivity contribution is 5.84. The van der Waals surface area contributed by atoms with E-state index in [1.54, 1.807) is 13.8 Å². The zero-order valence-corrected chi connectivity index (χ0v) is 14.2. The summed E-state index contributed by atoms with van der Waals surface area (Å²) in [5.74, 6) is -0.167. The predicted molar refractivity (Wildman–Crippen MR) is 80.1 cm³/mol. The van der Waals surface area contributed by atoms with Crippen molar-refractivity contribution in [3.05, 3.63) is 0 Å². The Kier molecular flexibility index (Phi) is 3.92. The first-order chi connectivity index (χ1) is 10.6. The Balaban J connectivity index is 0.000000136. The Labute approximate surface area is 135 Å². The second-order valence-corrected chi connectivity index (χ2v) is 7.54. The predicted octanol–water partition coefficient (Wildman–Crippen LogP) is 1.44. The van der Waals surface area contributed by atoms with Crippen LogP contribution in [0.3, 0.4) is 0 Å². The van der Waals surface area contributed by atoms with Gasteiger partial charge in [-0.15, -0.1) is 0 Å². The lowest BCUT2D eigenvalue weighted by molar-refractivity contribution is -0.145. The number of carbonyl (C=O) groups excluding carboxylic acids is 2. The van der Waals surface area contributed by atoms with Crippen molar-refractivity contribution in [1.29, 1.82) is 0 Å². The average Bonchev–Trinajstić information content (AvgIpc) is 3.13. The minimum atomic E-state index is -1.31. The first-order valence-corrected chi connectivity index (χ1v) is 8.21. The van der Waals surface area contributed by atoms with E-state index in [4.69, 9.17) is 9.47 Å². The van der Waals surface area contributed by atoms with E-state index in [-0.39, 0.29) is 17.7 Å². The Bertz CT molecular complexity index is 522. The van der Waals surface area contributed by atoms with Crippen LogP contribution in [0.25, 0.3) is 0 Å². The maximum atomic E-state index is 12.9. The Morgan fingerprint density at radius 1 is 1.00 bits per heavy atom. The molecule has 4 heterocycles. The Hall–Kier alpha value is -1.21. The molecule has 4 rings (SSSR count). The molecule has 0 aliphatic carbocycles. The molecule has 0 spiro atoms. The highest BCUT2D eigenvalue weighted by Crippen LogP contribution is 2.36. The van der Waals surface area contributed by atoms with Gasteiger partial charge in [-0.1, -0.05) is 0 Å². The summed E-state index contributed by atoms with van der Waals surface area (Å²) in [6, 6.07) is 0.319. The standard InChI is InChI=1S/C8H12FNO2.C8H13NO2/c1-8(2)10-5(4-12-8)3-6(9)7(10)11;1-8(2)9-6(5-11-8)3-4-7(9)10/h5-6H,3-4H2,1-2H3;6H,3-5H2,1-2H3/t5-,6?;6-/m11/s1. The van der Waals surface area contributed by atoms with E-state index in [1.165, 1.54) is 4.90 Å². The van der Waals surface area contributed by atoms with Crippen LogP contribution in [0, 0.1) is 0 Å². The van der Waals surface area contributed by atoms with E-state index in [0.717, 1.165) is 13.0 Å². The van der Waals surface area contributed by atoms with Gasteiger partial charge in [0.2, 0.25) is 5.91 Å². The van der Waals surface area contributed by atoms with Crippen molar-refractivity contribution in [3.8, 4) is 0 Å². The molecule has 23 heavy (non-hydrogen) atoms. The Morgan fingerprint density at radius 3 is 2.13 bits per heavy atom. The molecule has 130 valence electrons. The van der Waals surface area contributed by atoms with Gasteiger partial charge in [0.15, 0.2) is 6.17 Å². The van der Waals surface area contributed by atoms with E-state index in [1.807, 2.05) is 18.7 Å². The molecule has 6 nitrogen and oxygen atoms in total. The van der Waals surface area contributed by atoms with E-state index in [2.05, 4.69) is 0 Å². The van der Waals surface area contributed by atoms with Gasteiger partial charge in [-0.2, -0.15) is 0 Å². The van der Waals surface area contributed by atoms with Crippen molar-refractivity contribution in [2.24, 2.45) is 0 Å². The molecule has 7 heteroatoms. The fourth-order valence-corrected chi connectivity index (χ4v) is 4.00. The summed E-state index contributed by atoms with van der Waals surface area (Å²) in [5.41, 5.74) is -0.958. The SMILES string of the molecule is CC1(C)OC[C@H]2CC(F)C(=O)N21.CC1(C)OC[C@H]2CCC(=O)N21. The van der Waals surface area contributed by atoms with Crippen LogP contribution in [0.1, 0.15) is 47.0 Å². The summed E-state index contributed by atoms with van der Waals surface area (Å²) >= 11 is 0. The summed E-state index contributed by atoms with van der Waals surface area (Å²) < 4.78 is 23.8. The summed E-state index contributed by atoms with van der Waals surface area (Å²) in [5, 5.41) is 0. The van der Waals surface area contributed by atoms with Gasteiger partial charge in [0, 0.05) is 12.8 Å².